The zero-order valence-corrected chi connectivity index (χ0v) is 11.7. The van der Waals surface area contributed by atoms with Gasteiger partial charge in [0.2, 0.25) is 0 Å². The molecule has 0 amide bonds. The van der Waals surface area contributed by atoms with Gasteiger partial charge in [0.1, 0.15) is 28.8 Å². The van der Waals surface area contributed by atoms with E-state index in [1.807, 2.05) is 0 Å². The Hall–Kier alpha value is -1.32. The number of aliphatic hydroxyl groups is 3. The number of hydrogen-bond donors (Lipinski definition) is 3. The van der Waals surface area contributed by atoms with Crippen molar-refractivity contribution < 1.29 is 24.4 Å². The standard InChI is InChI=1S/C12H13ClFN3O4/c1-12(20)9(19)6(3-18)21-11(12)17-4-16-7-8(17)5(14)2-15-10(7)13/h2,4,6,9,11,18-20H,3H2,1H3/t6-,9-,11?,12-/m1/s1. The number of imidazole rings is 1. The van der Waals surface area contributed by atoms with Crippen molar-refractivity contribution in [3.8, 4) is 0 Å². The Kier molecular flexibility index (Phi) is 3.38. The predicted octanol–water partition coefficient (Wildman–Crippen LogP) is 0.225. The van der Waals surface area contributed by atoms with Gasteiger partial charge in [0.05, 0.1) is 19.1 Å². The third-order valence-electron chi connectivity index (χ3n) is 3.69. The van der Waals surface area contributed by atoms with Gasteiger partial charge in [-0.15, -0.1) is 0 Å². The molecule has 3 N–H and O–H groups in total. The van der Waals surface area contributed by atoms with Crippen LogP contribution in [0.1, 0.15) is 13.2 Å². The zero-order valence-electron chi connectivity index (χ0n) is 10.9. The molecule has 0 aliphatic carbocycles. The third-order valence-corrected chi connectivity index (χ3v) is 3.97. The van der Waals surface area contributed by atoms with E-state index >= 15 is 0 Å². The minimum atomic E-state index is -1.73. The highest BCUT2D eigenvalue weighted by Crippen LogP contribution is 2.40. The van der Waals surface area contributed by atoms with Crippen LogP contribution in [0, 0.1) is 5.82 Å². The summed E-state index contributed by atoms with van der Waals surface area (Å²) in [6.45, 7) is 0.857. The van der Waals surface area contributed by atoms with Crippen molar-refractivity contribution in [2.45, 2.75) is 31.0 Å². The van der Waals surface area contributed by atoms with Crippen LogP contribution in [0.2, 0.25) is 5.15 Å². The topological polar surface area (TPSA) is 101 Å². The molecule has 9 heteroatoms. The average Bonchev–Trinajstić information content (AvgIpc) is 2.97. The summed E-state index contributed by atoms with van der Waals surface area (Å²) < 4.78 is 20.7. The van der Waals surface area contributed by atoms with E-state index in [0.717, 1.165) is 6.20 Å². The van der Waals surface area contributed by atoms with Crippen LogP contribution in [0.15, 0.2) is 12.5 Å². The van der Waals surface area contributed by atoms with Crippen molar-refractivity contribution in [3.05, 3.63) is 23.5 Å². The van der Waals surface area contributed by atoms with E-state index in [1.165, 1.54) is 17.8 Å². The maximum Gasteiger partial charge on any atom is 0.167 e. The van der Waals surface area contributed by atoms with Gasteiger partial charge in [-0.2, -0.15) is 0 Å². The highest BCUT2D eigenvalue weighted by atomic mass is 35.5. The number of aromatic nitrogens is 3. The summed E-state index contributed by atoms with van der Waals surface area (Å²) in [7, 11) is 0. The normalized spacial score (nSPS) is 33.0. The van der Waals surface area contributed by atoms with Crippen LogP contribution in [0.3, 0.4) is 0 Å². The molecule has 1 aliphatic heterocycles. The lowest BCUT2D eigenvalue weighted by Gasteiger charge is -2.27. The van der Waals surface area contributed by atoms with Crippen molar-refractivity contribution in [1.82, 2.24) is 14.5 Å². The van der Waals surface area contributed by atoms with Crippen LogP contribution in [0.5, 0.6) is 0 Å². The van der Waals surface area contributed by atoms with E-state index < -0.39 is 36.5 Å². The van der Waals surface area contributed by atoms with Gasteiger partial charge < -0.3 is 20.1 Å². The van der Waals surface area contributed by atoms with Crippen LogP contribution < -0.4 is 0 Å². The van der Waals surface area contributed by atoms with E-state index in [9.17, 15) is 14.6 Å². The van der Waals surface area contributed by atoms with Gasteiger partial charge in [-0.05, 0) is 6.92 Å². The second-order valence-electron chi connectivity index (χ2n) is 5.13. The Morgan fingerprint density at radius 1 is 1.52 bits per heavy atom. The molecule has 0 saturated carbocycles. The molecule has 1 aliphatic rings. The van der Waals surface area contributed by atoms with E-state index in [2.05, 4.69) is 9.97 Å². The smallest absolute Gasteiger partial charge is 0.167 e. The molecule has 1 saturated heterocycles. The first-order valence-electron chi connectivity index (χ1n) is 6.21. The first kappa shape index (κ1) is 14.6. The van der Waals surface area contributed by atoms with Crippen molar-refractivity contribution >= 4 is 22.6 Å². The monoisotopic (exact) mass is 317 g/mol. The average molecular weight is 318 g/mol. The molecule has 2 aromatic rings. The summed E-state index contributed by atoms with van der Waals surface area (Å²) in [6.07, 6.45) is -1.25. The second kappa shape index (κ2) is 4.85. The fourth-order valence-corrected chi connectivity index (χ4v) is 2.74. The van der Waals surface area contributed by atoms with E-state index in [0.29, 0.717) is 0 Å². The number of rotatable bonds is 2. The van der Waals surface area contributed by atoms with Crippen LogP contribution in [0.4, 0.5) is 4.39 Å². The SMILES string of the molecule is C[C@]1(O)C(n2cnc3c(Cl)ncc(F)c32)O[C@H](CO)[C@H]1O. The lowest BCUT2D eigenvalue weighted by atomic mass is 9.96. The molecular weight excluding hydrogens is 305 g/mol. The van der Waals surface area contributed by atoms with Crippen molar-refractivity contribution in [1.29, 1.82) is 0 Å². The number of halogens is 2. The number of fused-ring (bicyclic) bond motifs is 1. The Morgan fingerprint density at radius 2 is 2.24 bits per heavy atom. The summed E-state index contributed by atoms with van der Waals surface area (Å²) in [5.74, 6) is -0.687. The van der Waals surface area contributed by atoms with Gasteiger partial charge in [-0.1, -0.05) is 11.6 Å². The molecule has 0 radical (unpaired) electrons. The van der Waals surface area contributed by atoms with Gasteiger partial charge in [0.25, 0.3) is 0 Å². The molecule has 3 heterocycles. The summed E-state index contributed by atoms with van der Waals surface area (Å²) in [5, 5.41) is 29.6. The largest absolute Gasteiger partial charge is 0.394 e. The van der Waals surface area contributed by atoms with Crippen LogP contribution in [-0.2, 0) is 4.74 Å². The Balaban J connectivity index is 2.15. The lowest BCUT2D eigenvalue weighted by Crippen LogP contribution is -2.44. The third kappa shape index (κ3) is 2.02. The maximum atomic E-state index is 14.0. The van der Waals surface area contributed by atoms with Crippen molar-refractivity contribution in [2.24, 2.45) is 0 Å². The Bertz CT molecular complexity index is 692. The molecule has 21 heavy (non-hydrogen) atoms. The minimum absolute atomic E-state index is 0.00562. The molecule has 114 valence electrons. The Labute approximate surface area is 123 Å². The highest BCUT2D eigenvalue weighted by Gasteiger charge is 2.53. The summed E-state index contributed by atoms with van der Waals surface area (Å²) >= 11 is 5.86. The molecule has 0 bridgehead atoms. The zero-order chi connectivity index (χ0) is 15.4. The number of aliphatic hydroxyl groups excluding tert-OH is 2. The minimum Gasteiger partial charge on any atom is -0.394 e. The number of nitrogens with zero attached hydrogens (tertiary/aromatic N) is 3. The maximum absolute atomic E-state index is 14.0. The number of ether oxygens (including phenoxy) is 1. The van der Waals surface area contributed by atoms with Crippen LogP contribution in [-0.4, -0.2) is 54.3 Å². The molecule has 0 aromatic carbocycles. The first-order valence-corrected chi connectivity index (χ1v) is 6.59. The molecular formula is C12H13ClFN3O4. The van der Waals surface area contributed by atoms with Crippen molar-refractivity contribution in [2.75, 3.05) is 6.61 Å². The summed E-state index contributed by atoms with van der Waals surface area (Å²) in [4.78, 5) is 7.61. The molecule has 0 spiro atoms. The van der Waals surface area contributed by atoms with E-state index in [-0.39, 0.29) is 16.2 Å². The highest BCUT2D eigenvalue weighted by molar-refractivity contribution is 6.33. The molecule has 3 rings (SSSR count). The van der Waals surface area contributed by atoms with Crippen molar-refractivity contribution in [3.63, 3.8) is 0 Å². The fourth-order valence-electron chi connectivity index (χ4n) is 2.55. The van der Waals surface area contributed by atoms with Crippen LogP contribution in [0.25, 0.3) is 11.0 Å². The van der Waals surface area contributed by atoms with E-state index in [4.69, 9.17) is 21.4 Å². The number of pyridine rings is 1. The molecule has 1 fully saturated rings. The molecule has 7 nitrogen and oxygen atoms in total. The first-order chi connectivity index (χ1) is 9.87. The van der Waals surface area contributed by atoms with Gasteiger partial charge >= 0.3 is 0 Å². The second-order valence-corrected chi connectivity index (χ2v) is 5.48. The molecule has 1 unspecified atom stereocenters. The van der Waals surface area contributed by atoms with Gasteiger partial charge in [0, 0.05) is 0 Å². The summed E-state index contributed by atoms with van der Waals surface area (Å²) in [5.41, 5.74) is -1.60. The quantitative estimate of drug-likeness (QED) is 0.685. The Morgan fingerprint density at radius 3 is 2.86 bits per heavy atom. The van der Waals surface area contributed by atoms with Gasteiger partial charge in [0.15, 0.2) is 17.2 Å². The van der Waals surface area contributed by atoms with E-state index in [1.54, 1.807) is 0 Å². The summed E-state index contributed by atoms with van der Waals surface area (Å²) in [6, 6.07) is 0. The lowest BCUT2D eigenvalue weighted by molar-refractivity contribution is -0.0950. The van der Waals surface area contributed by atoms with Crippen LogP contribution >= 0.6 is 11.6 Å². The molecule has 2 aromatic heterocycles. The molecule has 4 atom stereocenters. The van der Waals surface area contributed by atoms with Gasteiger partial charge in [-0.3, -0.25) is 4.57 Å². The number of hydrogen-bond acceptors (Lipinski definition) is 6. The predicted molar refractivity (Wildman–Crippen MR) is 70.1 cm³/mol. The fraction of sp³-hybridized carbons (Fsp3) is 0.500. The van der Waals surface area contributed by atoms with Gasteiger partial charge in [-0.25, -0.2) is 14.4 Å².